The maximum absolute atomic E-state index is 13.9. The Kier molecular flexibility index (Phi) is 9.46. The molecule has 1 atom stereocenters. The van der Waals surface area contributed by atoms with Gasteiger partial charge in [-0.3, -0.25) is 9.36 Å². The minimum absolute atomic E-state index is 0.309. The molecular formula is C33H31ClN4O3S. The topological polar surface area (TPSA) is 78.3 Å². The third kappa shape index (κ3) is 6.61. The number of methoxy groups -OCH3 is 2. The number of rotatable bonds is 11. The third-order valence-corrected chi connectivity index (χ3v) is 8.07. The van der Waals surface area contributed by atoms with Crippen LogP contribution in [0.3, 0.4) is 0 Å². The van der Waals surface area contributed by atoms with E-state index in [1.807, 2.05) is 78.2 Å². The van der Waals surface area contributed by atoms with Gasteiger partial charge in [0.1, 0.15) is 17.1 Å². The van der Waals surface area contributed by atoms with Crippen LogP contribution in [0.25, 0.3) is 5.69 Å². The first kappa shape index (κ1) is 29.2. The Morgan fingerprint density at radius 1 is 0.881 bits per heavy atom. The molecule has 0 aliphatic heterocycles. The van der Waals surface area contributed by atoms with Crippen LogP contribution < -0.4 is 14.8 Å². The van der Waals surface area contributed by atoms with Crippen molar-refractivity contribution in [2.24, 2.45) is 0 Å². The molecule has 1 aromatic heterocycles. The number of hydrogen-bond donors (Lipinski definition) is 1. The zero-order valence-corrected chi connectivity index (χ0v) is 25.2. The van der Waals surface area contributed by atoms with Crippen molar-refractivity contribution in [2.75, 3.05) is 14.2 Å². The van der Waals surface area contributed by atoms with E-state index in [0.717, 1.165) is 16.8 Å². The summed E-state index contributed by atoms with van der Waals surface area (Å²) in [5.74, 6) is 1.77. The van der Waals surface area contributed by atoms with Crippen LogP contribution in [-0.2, 0) is 12.2 Å². The molecule has 0 spiro atoms. The molecule has 0 saturated carbocycles. The molecule has 0 bridgehead atoms. The van der Waals surface area contributed by atoms with Crippen molar-refractivity contribution >= 4 is 29.3 Å². The van der Waals surface area contributed by atoms with Crippen molar-refractivity contribution < 1.29 is 14.3 Å². The molecule has 0 aliphatic rings. The van der Waals surface area contributed by atoms with Crippen molar-refractivity contribution in [3.05, 3.63) is 130 Å². The van der Waals surface area contributed by atoms with Crippen molar-refractivity contribution in [3.8, 4) is 17.2 Å². The summed E-state index contributed by atoms with van der Waals surface area (Å²) >= 11 is 8.07. The predicted molar refractivity (Wildman–Crippen MR) is 167 cm³/mol. The van der Waals surface area contributed by atoms with Crippen LogP contribution in [0.15, 0.2) is 102 Å². The summed E-state index contributed by atoms with van der Waals surface area (Å²) in [7, 11) is 3.06. The summed E-state index contributed by atoms with van der Waals surface area (Å²) in [4.78, 5) is 13.9. The summed E-state index contributed by atoms with van der Waals surface area (Å²) in [6, 6.07) is 30.6. The Morgan fingerprint density at radius 2 is 1.52 bits per heavy atom. The van der Waals surface area contributed by atoms with E-state index in [4.69, 9.17) is 21.1 Å². The number of ether oxygens (including phenoxy) is 2. The molecule has 4 aromatic carbocycles. The van der Waals surface area contributed by atoms with Gasteiger partial charge < -0.3 is 14.8 Å². The van der Waals surface area contributed by atoms with Gasteiger partial charge in [-0.1, -0.05) is 96.2 Å². The minimum Gasteiger partial charge on any atom is -0.496 e. The van der Waals surface area contributed by atoms with Crippen LogP contribution in [0, 0.1) is 6.92 Å². The highest BCUT2D eigenvalue weighted by molar-refractivity contribution is 7.98. The fraction of sp³-hybridized carbons (Fsp3) is 0.182. The first-order chi connectivity index (χ1) is 20.5. The van der Waals surface area contributed by atoms with E-state index in [0.29, 0.717) is 45.2 Å². The van der Waals surface area contributed by atoms with Gasteiger partial charge in [0.2, 0.25) is 0 Å². The van der Waals surface area contributed by atoms with Gasteiger partial charge in [0.15, 0.2) is 11.0 Å². The molecule has 1 amide bonds. The molecule has 7 nitrogen and oxygen atoms in total. The first-order valence-electron chi connectivity index (χ1n) is 13.4. The molecule has 1 unspecified atom stereocenters. The van der Waals surface area contributed by atoms with Crippen molar-refractivity contribution in [1.82, 2.24) is 20.1 Å². The highest BCUT2D eigenvalue weighted by Gasteiger charge is 2.28. The molecule has 5 aromatic rings. The fourth-order valence-corrected chi connectivity index (χ4v) is 5.81. The average molecular weight is 599 g/mol. The van der Waals surface area contributed by atoms with Crippen molar-refractivity contribution in [1.29, 1.82) is 0 Å². The van der Waals surface area contributed by atoms with Crippen LogP contribution in [0.1, 0.15) is 38.9 Å². The second kappa shape index (κ2) is 13.6. The van der Waals surface area contributed by atoms with Gasteiger partial charge in [-0.2, -0.15) is 0 Å². The molecule has 1 heterocycles. The summed E-state index contributed by atoms with van der Waals surface area (Å²) < 4.78 is 13.0. The number of benzene rings is 4. The maximum atomic E-state index is 13.9. The van der Waals surface area contributed by atoms with Crippen LogP contribution in [0.2, 0.25) is 5.02 Å². The molecule has 5 rings (SSSR count). The van der Waals surface area contributed by atoms with Gasteiger partial charge in [0.25, 0.3) is 5.91 Å². The van der Waals surface area contributed by atoms with E-state index in [1.54, 1.807) is 30.0 Å². The fourth-order valence-electron chi connectivity index (χ4n) is 4.73. The summed E-state index contributed by atoms with van der Waals surface area (Å²) in [6.45, 7) is 2.02. The van der Waals surface area contributed by atoms with Crippen molar-refractivity contribution in [3.63, 3.8) is 0 Å². The van der Waals surface area contributed by atoms with Gasteiger partial charge >= 0.3 is 0 Å². The number of halogens is 1. The average Bonchev–Trinajstić information content (AvgIpc) is 3.45. The van der Waals surface area contributed by atoms with Gasteiger partial charge in [0.05, 0.1) is 25.9 Å². The SMILES string of the molecule is COc1cccc(OC)c1C(=O)NC(Cc1ccccc1)c1nnc(SCc2ccccc2)n1-c1cc(Cl)ccc1C. The van der Waals surface area contributed by atoms with Crippen LogP contribution >= 0.6 is 23.4 Å². The number of aryl methyl sites for hydroxylation is 1. The van der Waals surface area contributed by atoms with E-state index < -0.39 is 6.04 Å². The Hall–Kier alpha value is -4.27. The maximum Gasteiger partial charge on any atom is 0.259 e. The number of thioether (sulfide) groups is 1. The number of hydrogen-bond acceptors (Lipinski definition) is 6. The molecule has 214 valence electrons. The van der Waals surface area contributed by atoms with E-state index in [-0.39, 0.29) is 5.91 Å². The Balaban J connectivity index is 1.61. The molecule has 0 aliphatic carbocycles. The number of carbonyl (C=O) groups is 1. The lowest BCUT2D eigenvalue weighted by atomic mass is 10.0. The smallest absolute Gasteiger partial charge is 0.259 e. The standard InChI is InChI=1S/C33H31ClN4O3S/c1-22-17-18-25(34)20-27(22)38-31(36-37-33(38)42-21-24-13-8-5-9-14-24)26(19-23-11-6-4-7-12-23)35-32(39)30-28(40-2)15-10-16-29(30)41-3/h4-18,20,26H,19,21H2,1-3H3,(H,35,39). The number of aromatic nitrogens is 3. The molecule has 9 heteroatoms. The number of carbonyl (C=O) groups excluding carboxylic acids is 1. The van der Waals surface area contributed by atoms with Gasteiger partial charge in [-0.15, -0.1) is 10.2 Å². The zero-order chi connectivity index (χ0) is 29.5. The van der Waals surface area contributed by atoms with Crippen LogP contribution in [0.4, 0.5) is 0 Å². The quantitative estimate of drug-likeness (QED) is 0.161. The lowest BCUT2D eigenvalue weighted by Gasteiger charge is -2.22. The Labute approximate surface area is 254 Å². The second-order valence-corrected chi connectivity index (χ2v) is 11.0. The Bertz CT molecular complexity index is 1640. The minimum atomic E-state index is -0.550. The van der Waals surface area contributed by atoms with E-state index >= 15 is 0 Å². The highest BCUT2D eigenvalue weighted by Crippen LogP contribution is 2.33. The largest absolute Gasteiger partial charge is 0.496 e. The van der Waals surface area contributed by atoms with Gasteiger partial charge in [-0.05, 0) is 54.3 Å². The van der Waals surface area contributed by atoms with E-state index in [1.165, 1.54) is 19.8 Å². The van der Waals surface area contributed by atoms with Crippen LogP contribution in [-0.4, -0.2) is 34.9 Å². The van der Waals surface area contributed by atoms with Gasteiger partial charge in [0, 0.05) is 10.8 Å². The Morgan fingerprint density at radius 3 is 2.17 bits per heavy atom. The highest BCUT2D eigenvalue weighted by atomic mass is 35.5. The lowest BCUT2D eigenvalue weighted by molar-refractivity contribution is 0.0928. The van der Waals surface area contributed by atoms with E-state index in [2.05, 4.69) is 27.6 Å². The van der Waals surface area contributed by atoms with E-state index in [9.17, 15) is 4.79 Å². The van der Waals surface area contributed by atoms with Crippen LogP contribution in [0.5, 0.6) is 11.5 Å². The molecule has 1 N–H and O–H groups in total. The summed E-state index contributed by atoms with van der Waals surface area (Å²) in [6.07, 6.45) is 0.477. The molecular weight excluding hydrogens is 568 g/mol. The number of amides is 1. The molecule has 0 radical (unpaired) electrons. The summed E-state index contributed by atoms with van der Waals surface area (Å²) in [5.41, 5.74) is 4.35. The summed E-state index contributed by atoms with van der Waals surface area (Å²) in [5, 5.41) is 13.8. The lowest BCUT2D eigenvalue weighted by Crippen LogP contribution is -2.32. The monoisotopic (exact) mass is 598 g/mol. The predicted octanol–water partition coefficient (Wildman–Crippen LogP) is 7.25. The van der Waals surface area contributed by atoms with Gasteiger partial charge in [-0.25, -0.2) is 0 Å². The third-order valence-electron chi connectivity index (χ3n) is 6.84. The molecule has 42 heavy (non-hydrogen) atoms. The second-order valence-electron chi connectivity index (χ2n) is 9.63. The number of nitrogens with one attached hydrogen (secondary N) is 1. The zero-order valence-electron chi connectivity index (χ0n) is 23.6. The van der Waals surface area contributed by atoms with Crippen molar-refractivity contribution in [2.45, 2.75) is 30.3 Å². The number of nitrogens with zero attached hydrogens (tertiary/aromatic N) is 3. The normalized spacial score (nSPS) is 11.6. The molecule has 0 saturated heterocycles. The molecule has 0 fully saturated rings. The first-order valence-corrected chi connectivity index (χ1v) is 14.8.